The fourth-order valence-corrected chi connectivity index (χ4v) is 1.78. The maximum atomic E-state index is 13.4. The molecule has 17 heavy (non-hydrogen) atoms. The normalized spacial score (nSPS) is 10.3. The van der Waals surface area contributed by atoms with Crippen LogP contribution in [0.15, 0.2) is 41.0 Å². The summed E-state index contributed by atoms with van der Waals surface area (Å²) in [7, 11) is 0. The van der Waals surface area contributed by atoms with E-state index in [1.165, 1.54) is 6.07 Å². The van der Waals surface area contributed by atoms with E-state index >= 15 is 0 Å². The lowest BCUT2D eigenvalue weighted by Crippen LogP contribution is -2.03. The minimum atomic E-state index is -0.264. The maximum Gasteiger partial charge on any atom is 0.146 e. The molecule has 0 aliphatic rings. The van der Waals surface area contributed by atoms with Crippen molar-refractivity contribution in [1.29, 1.82) is 0 Å². The first-order valence-electron chi connectivity index (χ1n) is 5.25. The first kappa shape index (κ1) is 12.0. The summed E-state index contributed by atoms with van der Waals surface area (Å²) in [4.78, 5) is 4.25. The average molecular weight is 295 g/mol. The molecule has 0 bridgehead atoms. The predicted octanol–water partition coefficient (Wildman–Crippen LogP) is 3.90. The highest BCUT2D eigenvalue weighted by Crippen LogP contribution is 2.20. The Labute approximate surface area is 108 Å². The number of hydrogen-bond donors (Lipinski definition) is 1. The Morgan fingerprint density at radius 2 is 2.12 bits per heavy atom. The molecule has 2 rings (SSSR count). The van der Waals surface area contributed by atoms with Crippen LogP contribution < -0.4 is 5.32 Å². The SMILES string of the molecule is Cc1ccc(CNc2cc(Br)ccc2F)nc1. The van der Waals surface area contributed by atoms with Crippen LogP contribution in [0.3, 0.4) is 0 Å². The molecular weight excluding hydrogens is 283 g/mol. The van der Waals surface area contributed by atoms with E-state index in [0.29, 0.717) is 12.2 Å². The summed E-state index contributed by atoms with van der Waals surface area (Å²) in [5.74, 6) is -0.264. The van der Waals surface area contributed by atoms with Gasteiger partial charge in [0.2, 0.25) is 0 Å². The molecule has 0 unspecified atom stereocenters. The third-order valence-electron chi connectivity index (χ3n) is 2.36. The van der Waals surface area contributed by atoms with Crippen molar-refractivity contribution in [1.82, 2.24) is 4.98 Å². The molecule has 88 valence electrons. The van der Waals surface area contributed by atoms with Crippen LogP contribution >= 0.6 is 15.9 Å². The predicted molar refractivity (Wildman–Crippen MR) is 70.4 cm³/mol. The van der Waals surface area contributed by atoms with E-state index in [2.05, 4.69) is 26.2 Å². The molecule has 4 heteroatoms. The van der Waals surface area contributed by atoms with Crippen LogP contribution in [0.2, 0.25) is 0 Å². The van der Waals surface area contributed by atoms with Crippen LogP contribution in [0.4, 0.5) is 10.1 Å². The summed E-state index contributed by atoms with van der Waals surface area (Å²) < 4.78 is 14.3. The Kier molecular flexibility index (Phi) is 3.74. The van der Waals surface area contributed by atoms with Crippen molar-refractivity contribution in [3.63, 3.8) is 0 Å². The maximum absolute atomic E-state index is 13.4. The van der Waals surface area contributed by atoms with Gasteiger partial charge < -0.3 is 5.32 Å². The first-order valence-corrected chi connectivity index (χ1v) is 6.05. The zero-order chi connectivity index (χ0) is 12.3. The number of benzene rings is 1. The van der Waals surface area contributed by atoms with Crippen molar-refractivity contribution in [2.45, 2.75) is 13.5 Å². The van der Waals surface area contributed by atoms with Crippen molar-refractivity contribution < 1.29 is 4.39 Å². The van der Waals surface area contributed by atoms with Crippen molar-refractivity contribution >= 4 is 21.6 Å². The van der Waals surface area contributed by atoms with Crippen molar-refractivity contribution in [3.8, 4) is 0 Å². The van der Waals surface area contributed by atoms with E-state index < -0.39 is 0 Å². The Balaban J connectivity index is 2.07. The number of aryl methyl sites for hydroxylation is 1. The topological polar surface area (TPSA) is 24.9 Å². The first-order chi connectivity index (χ1) is 8.15. The molecule has 0 amide bonds. The molecule has 0 atom stereocenters. The molecule has 0 saturated heterocycles. The van der Waals surface area contributed by atoms with E-state index in [4.69, 9.17) is 0 Å². The molecule has 0 spiro atoms. The highest BCUT2D eigenvalue weighted by Gasteiger charge is 2.02. The van der Waals surface area contributed by atoms with E-state index in [1.807, 2.05) is 19.1 Å². The Morgan fingerprint density at radius 3 is 2.82 bits per heavy atom. The van der Waals surface area contributed by atoms with E-state index in [9.17, 15) is 4.39 Å². The number of nitrogens with zero attached hydrogens (tertiary/aromatic N) is 1. The summed E-state index contributed by atoms with van der Waals surface area (Å²) in [5.41, 5.74) is 2.47. The summed E-state index contributed by atoms with van der Waals surface area (Å²) in [6.07, 6.45) is 1.80. The number of halogens is 2. The van der Waals surface area contributed by atoms with Gasteiger partial charge in [-0.15, -0.1) is 0 Å². The number of hydrogen-bond acceptors (Lipinski definition) is 2. The minimum Gasteiger partial charge on any atom is -0.377 e. The largest absolute Gasteiger partial charge is 0.377 e. The van der Waals surface area contributed by atoms with Gasteiger partial charge in [-0.2, -0.15) is 0 Å². The summed E-state index contributed by atoms with van der Waals surface area (Å²) in [5, 5.41) is 3.02. The van der Waals surface area contributed by atoms with Gasteiger partial charge >= 0.3 is 0 Å². The number of rotatable bonds is 3. The van der Waals surface area contributed by atoms with Crippen LogP contribution in [0.5, 0.6) is 0 Å². The van der Waals surface area contributed by atoms with Gasteiger partial charge in [-0.1, -0.05) is 22.0 Å². The molecule has 1 aromatic heterocycles. The number of nitrogens with one attached hydrogen (secondary N) is 1. The van der Waals surface area contributed by atoms with Crippen LogP contribution in [0.1, 0.15) is 11.3 Å². The molecule has 1 N–H and O–H groups in total. The quantitative estimate of drug-likeness (QED) is 0.928. The van der Waals surface area contributed by atoms with Gasteiger partial charge in [0.15, 0.2) is 0 Å². The number of anilines is 1. The molecule has 1 aromatic carbocycles. The van der Waals surface area contributed by atoms with E-state index in [0.717, 1.165) is 15.7 Å². The third-order valence-corrected chi connectivity index (χ3v) is 2.85. The summed E-state index contributed by atoms with van der Waals surface area (Å²) in [6, 6.07) is 8.72. The van der Waals surface area contributed by atoms with Crippen LogP contribution in [-0.4, -0.2) is 4.98 Å². The molecule has 0 saturated carbocycles. The van der Waals surface area contributed by atoms with Gasteiger partial charge in [0.25, 0.3) is 0 Å². The van der Waals surface area contributed by atoms with Gasteiger partial charge in [0.1, 0.15) is 5.82 Å². The van der Waals surface area contributed by atoms with E-state index in [1.54, 1.807) is 18.3 Å². The third kappa shape index (κ3) is 3.27. The lowest BCUT2D eigenvalue weighted by molar-refractivity contribution is 0.629. The molecule has 0 fully saturated rings. The van der Waals surface area contributed by atoms with E-state index in [-0.39, 0.29) is 5.82 Å². The second kappa shape index (κ2) is 5.27. The van der Waals surface area contributed by atoms with Crippen LogP contribution in [-0.2, 0) is 6.54 Å². The molecule has 2 nitrogen and oxygen atoms in total. The highest BCUT2D eigenvalue weighted by atomic mass is 79.9. The van der Waals surface area contributed by atoms with Gasteiger partial charge in [-0.25, -0.2) is 4.39 Å². The van der Waals surface area contributed by atoms with Crippen molar-refractivity contribution in [2.24, 2.45) is 0 Å². The molecule has 1 heterocycles. The smallest absolute Gasteiger partial charge is 0.146 e. The second-order valence-electron chi connectivity index (χ2n) is 3.80. The summed E-state index contributed by atoms with van der Waals surface area (Å²) in [6.45, 7) is 2.49. The fourth-order valence-electron chi connectivity index (χ4n) is 1.42. The highest BCUT2D eigenvalue weighted by molar-refractivity contribution is 9.10. The number of pyridine rings is 1. The zero-order valence-corrected chi connectivity index (χ0v) is 11.0. The zero-order valence-electron chi connectivity index (χ0n) is 9.37. The molecular formula is C13H12BrFN2. The van der Waals surface area contributed by atoms with Gasteiger partial charge in [-0.05, 0) is 36.8 Å². The Hall–Kier alpha value is -1.42. The monoisotopic (exact) mass is 294 g/mol. The minimum absolute atomic E-state index is 0.264. The van der Waals surface area contributed by atoms with Gasteiger partial charge in [0.05, 0.1) is 17.9 Å². The van der Waals surface area contributed by atoms with Crippen LogP contribution in [0.25, 0.3) is 0 Å². The average Bonchev–Trinajstić information content (AvgIpc) is 2.32. The summed E-state index contributed by atoms with van der Waals surface area (Å²) >= 11 is 3.31. The Morgan fingerprint density at radius 1 is 1.29 bits per heavy atom. The van der Waals surface area contributed by atoms with Gasteiger partial charge in [0, 0.05) is 10.7 Å². The standard InChI is InChI=1S/C13H12BrFN2/c1-9-2-4-11(16-7-9)8-17-13-6-10(14)3-5-12(13)15/h2-7,17H,8H2,1H3. The number of aromatic nitrogens is 1. The van der Waals surface area contributed by atoms with Gasteiger partial charge in [-0.3, -0.25) is 4.98 Å². The lowest BCUT2D eigenvalue weighted by atomic mass is 10.2. The van der Waals surface area contributed by atoms with Crippen LogP contribution in [0, 0.1) is 12.7 Å². The fraction of sp³-hybridized carbons (Fsp3) is 0.154. The second-order valence-corrected chi connectivity index (χ2v) is 4.72. The van der Waals surface area contributed by atoms with Crippen molar-refractivity contribution in [2.75, 3.05) is 5.32 Å². The molecule has 0 aliphatic heterocycles. The lowest BCUT2D eigenvalue weighted by Gasteiger charge is -2.07. The Bertz CT molecular complexity index is 511. The molecule has 0 radical (unpaired) electrons. The molecule has 2 aromatic rings. The molecule has 0 aliphatic carbocycles. The van der Waals surface area contributed by atoms with Crippen molar-refractivity contribution in [3.05, 3.63) is 58.1 Å².